The zero-order valence-electron chi connectivity index (χ0n) is 9.36. The number of phenolic OH excluding ortho intramolecular Hbond substituents is 1. The molecule has 0 aliphatic carbocycles. The molecule has 1 aromatic carbocycles. The van der Waals surface area contributed by atoms with E-state index in [2.05, 4.69) is 0 Å². The Kier molecular flexibility index (Phi) is 4.59. The summed E-state index contributed by atoms with van der Waals surface area (Å²) in [5.41, 5.74) is 7.55. The number of hydrogen-bond donors (Lipinski definition) is 2. The second-order valence-corrected chi connectivity index (χ2v) is 3.67. The highest BCUT2D eigenvalue weighted by Crippen LogP contribution is 2.26. The fourth-order valence-electron chi connectivity index (χ4n) is 1.44. The van der Waals surface area contributed by atoms with Crippen LogP contribution < -0.4 is 5.73 Å². The molecule has 84 valence electrons. The summed E-state index contributed by atoms with van der Waals surface area (Å²) in [7, 11) is 0. The fourth-order valence-corrected chi connectivity index (χ4v) is 1.44. The van der Waals surface area contributed by atoms with E-state index >= 15 is 0 Å². The molecule has 0 spiro atoms. The van der Waals surface area contributed by atoms with Crippen molar-refractivity contribution < 1.29 is 9.84 Å². The maximum atomic E-state index is 9.67. The van der Waals surface area contributed by atoms with E-state index in [-0.39, 0.29) is 5.92 Å². The van der Waals surface area contributed by atoms with Crippen molar-refractivity contribution in [1.82, 2.24) is 0 Å². The van der Waals surface area contributed by atoms with E-state index in [1.807, 2.05) is 26.0 Å². The Bertz CT molecular complexity index is 312. The SMILES string of the molecule is CCOCc1ccc(O)c(C(C)CN)c1. The predicted molar refractivity (Wildman–Crippen MR) is 60.9 cm³/mol. The minimum Gasteiger partial charge on any atom is -0.508 e. The number of phenols is 1. The first-order valence-electron chi connectivity index (χ1n) is 5.28. The number of rotatable bonds is 5. The molecule has 1 unspecified atom stereocenters. The van der Waals surface area contributed by atoms with Crippen LogP contribution in [0.15, 0.2) is 18.2 Å². The lowest BCUT2D eigenvalue weighted by molar-refractivity contribution is 0.134. The largest absolute Gasteiger partial charge is 0.508 e. The smallest absolute Gasteiger partial charge is 0.119 e. The molecule has 0 amide bonds. The summed E-state index contributed by atoms with van der Waals surface area (Å²) in [5.74, 6) is 0.486. The average Bonchev–Trinajstić information content (AvgIpc) is 2.27. The topological polar surface area (TPSA) is 55.5 Å². The second kappa shape index (κ2) is 5.73. The number of nitrogens with two attached hydrogens (primary N) is 1. The van der Waals surface area contributed by atoms with Gasteiger partial charge in [0.15, 0.2) is 0 Å². The maximum Gasteiger partial charge on any atom is 0.119 e. The summed E-state index contributed by atoms with van der Waals surface area (Å²) >= 11 is 0. The molecule has 3 nitrogen and oxygen atoms in total. The Morgan fingerprint density at radius 1 is 1.47 bits per heavy atom. The van der Waals surface area contributed by atoms with Gasteiger partial charge in [0.1, 0.15) is 5.75 Å². The molecule has 15 heavy (non-hydrogen) atoms. The van der Waals surface area contributed by atoms with Gasteiger partial charge in [0.05, 0.1) is 6.61 Å². The Balaban J connectivity index is 2.84. The van der Waals surface area contributed by atoms with E-state index in [4.69, 9.17) is 10.5 Å². The van der Waals surface area contributed by atoms with E-state index < -0.39 is 0 Å². The molecule has 0 aromatic heterocycles. The molecule has 0 heterocycles. The van der Waals surface area contributed by atoms with Crippen molar-refractivity contribution in [3.63, 3.8) is 0 Å². The van der Waals surface area contributed by atoms with Crippen molar-refractivity contribution >= 4 is 0 Å². The summed E-state index contributed by atoms with van der Waals surface area (Å²) in [4.78, 5) is 0. The molecular formula is C12H19NO2. The summed E-state index contributed by atoms with van der Waals surface area (Å²) < 4.78 is 5.31. The minimum absolute atomic E-state index is 0.173. The molecule has 0 fully saturated rings. The standard InChI is InChI=1S/C12H19NO2/c1-3-15-8-10-4-5-12(14)11(6-10)9(2)7-13/h4-6,9,14H,3,7-8,13H2,1-2H3. The normalized spacial score (nSPS) is 12.7. The second-order valence-electron chi connectivity index (χ2n) is 3.67. The molecule has 0 radical (unpaired) electrons. The summed E-state index contributed by atoms with van der Waals surface area (Å²) in [6.07, 6.45) is 0. The Hall–Kier alpha value is -1.06. The first-order chi connectivity index (χ1) is 7.19. The van der Waals surface area contributed by atoms with Crippen LogP contribution in [0.1, 0.15) is 30.9 Å². The molecule has 1 atom stereocenters. The summed E-state index contributed by atoms with van der Waals surface area (Å²) in [5, 5.41) is 9.67. The first kappa shape index (κ1) is 12.0. The van der Waals surface area contributed by atoms with Crippen molar-refractivity contribution in [1.29, 1.82) is 0 Å². The highest BCUT2D eigenvalue weighted by atomic mass is 16.5. The van der Waals surface area contributed by atoms with Gasteiger partial charge in [-0.2, -0.15) is 0 Å². The molecule has 0 saturated carbocycles. The lowest BCUT2D eigenvalue weighted by atomic mass is 9.98. The quantitative estimate of drug-likeness (QED) is 0.779. The third-order valence-corrected chi connectivity index (χ3v) is 2.45. The molecule has 1 rings (SSSR count). The van der Waals surface area contributed by atoms with Gasteiger partial charge in [-0.1, -0.05) is 13.0 Å². The Morgan fingerprint density at radius 2 is 2.20 bits per heavy atom. The van der Waals surface area contributed by atoms with Crippen LogP contribution in [0.5, 0.6) is 5.75 Å². The molecule has 1 aromatic rings. The van der Waals surface area contributed by atoms with Crippen LogP contribution in [0.25, 0.3) is 0 Å². The highest BCUT2D eigenvalue weighted by molar-refractivity contribution is 5.38. The van der Waals surface area contributed by atoms with E-state index in [1.54, 1.807) is 6.07 Å². The van der Waals surface area contributed by atoms with Crippen LogP contribution in [-0.4, -0.2) is 18.3 Å². The van der Waals surface area contributed by atoms with Crippen LogP contribution in [0, 0.1) is 0 Å². The van der Waals surface area contributed by atoms with Gasteiger partial charge < -0.3 is 15.6 Å². The number of hydrogen-bond acceptors (Lipinski definition) is 3. The molecular weight excluding hydrogens is 190 g/mol. The molecule has 0 aliphatic heterocycles. The van der Waals surface area contributed by atoms with Crippen molar-refractivity contribution in [2.75, 3.05) is 13.2 Å². The van der Waals surface area contributed by atoms with Crippen LogP contribution in [0.3, 0.4) is 0 Å². The molecule has 0 saturated heterocycles. The van der Waals surface area contributed by atoms with Gasteiger partial charge in [0.25, 0.3) is 0 Å². The Morgan fingerprint density at radius 3 is 2.80 bits per heavy atom. The zero-order chi connectivity index (χ0) is 11.3. The van der Waals surface area contributed by atoms with Gasteiger partial charge in [0.2, 0.25) is 0 Å². The van der Waals surface area contributed by atoms with E-state index in [9.17, 15) is 5.11 Å². The number of ether oxygens (including phenoxy) is 1. The van der Waals surface area contributed by atoms with Crippen LogP contribution in [-0.2, 0) is 11.3 Å². The van der Waals surface area contributed by atoms with Gasteiger partial charge >= 0.3 is 0 Å². The van der Waals surface area contributed by atoms with Gasteiger partial charge in [0, 0.05) is 6.61 Å². The molecule has 3 N–H and O–H groups in total. The van der Waals surface area contributed by atoms with Crippen LogP contribution in [0.2, 0.25) is 0 Å². The van der Waals surface area contributed by atoms with Gasteiger partial charge in [-0.25, -0.2) is 0 Å². The number of aromatic hydroxyl groups is 1. The average molecular weight is 209 g/mol. The monoisotopic (exact) mass is 209 g/mol. The Labute approximate surface area is 90.9 Å². The molecule has 0 bridgehead atoms. The van der Waals surface area contributed by atoms with Crippen molar-refractivity contribution in [2.45, 2.75) is 26.4 Å². The van der Waals surface area contributed by atoms with E-state index in [0.717, 1.165) is 11.1 Å². The van der Waals surface area contributed by atoms with Gasteiger partial charge in [-0.3, -0.25) is 0 Å². The van der Waals surface area contributed by atoms with Crippen molar-refractivity contribution in [2.24, 2.45) is 5.73 Å². The van der Waals surface area contributed by atoms with Gasteiger partial charge in [-0.05, 0) is 42.6 Å². The highest BCUT2D eigenvalue weighted by Gasteiger charge is 2.09. The van der Waals surface area contributed by atoms with Crippen molar-refractivity contribution in [3.05, 3.63) is 29.3 Å². The maximum absolute atomic E-state index is 9.67. The summed E-state index contributed by atoms with van der Waals surface area (Å²) in [6, 6.07) is 5.54. The molecule has 3 heteroatoms. The van der Waals surface area contributed by atoms with Crippen molar-refractivity contribution in [3.8, 4) is 5.75 Å². The lowest BCUT2D eigenvalue weighted by Gasteiger charge is -2.12. The zero-order valence-corrected chi connectivity index (χ0v) is 9.36. The minimum atomic E-state index is 0.173. The molecule has 0 aliphatic rings. The van der Waals surface area contributed by atoms with Crippen LogP contribution in [0.4, 0.5) is 0 Å². The van der Waals surface area contributed by atoms with E-state index in [0.29, 0.717) is 25.5 Å². The first-order valence-corrected chi connectivity index (χ1v) is 5.28. The van der Waals surface area contributed by atoms with Crippen LogP contribution >= 0.6 is 0 Å². The predicted octanol–water partition coefficient (Wildman–Crippen LogP) is 1.99. The number of benzene rings is 1. The lowest BCUT2D eigenvalue weighted by Crippen LogP contribution is -2.09. The van der Waals surface area contributed by atoms with Gasteiger partial charge in [-0.15, -0.1) is 0 Å². The van der Waals surface area contributed by atoms with E-state index in [1.165, 1.54) is 0 Å². The third-order valence-electron chi connectivity index (χ3n) is 2.45. The third kappa shape index (κ3) is 3.22. The summed E-state index contributed by atoms with van der Waals surface area (Å²) in [6.45, 7) is 5.78. The fraction of sp³-hybridized carbons (Fsp3) is 0.500.